The number of amides is 2. The summed E-state index contributed by atoms with van der Waals surface area (Å²) in [7, 11) is 1.62. The number of nitrogens with zero attached hydrogens (tertiary/aromatic N) is 5. The van der Waals surface area contributed by atoms with Crippen LogP contribution < -0.4 is 10.2 Å². The summed E-state index contributed by atoms with van der Waals surface area (Å²) >= 11 is 0. The van der Waals surface area contributed by atoms with Gasteiger partial charge in [-0.3, -0.25) is 14.3 Å². The SMILES string of the molecule is COCCn1cc(N2CC(C(=O)Nc3ccnc(C)n3)CC2=O)cn1. The lowest BCUT2D eigenvalue weighted by molar-refractivity contribution is -0.122. The molecule has 1 atom stereocenters. The molecule has 3 rings (SSSR count). The predicted octanol–water partition coefficient (Wildman–Crippen LogP) is 0.620. The Balaban J connectivity index is 1.63. The first-order valence-electron chi connectivity index (χ1n) is 7.99. The topological polar surface area (TPSA) is 102 Å². The Morgan fingerprint density at radius 3 is 3.08 bits per heavy atom. The van der Waals surface area contributed by atoms with Crippen LogP contribution in [0.15, 0.2) is 24.7 Å². The molecule has 2 amide bonds. The van der Waals surface area contributed by atoms with Crippen molar-refractivity contribution in [2.75, 3.05) is 30.5 Å². The minimum atomic E-state index is -0.426. The number of aryl methyl sites for hydroxylation is 1. The van der Waals surface area contributed by atoms with Gasteiger partial charge in [0.2, 0.25) is 11.8 Å². The highest BCUT2D eigenvalue weighted by Gasteiger charge is 2.35. The van der Waals surface area contributed by atoms with E-state index >= 15 is 0 Å². The highest BCUT2D eigenvalue weighted by atomic mass is 16.5. The van der Waals surface area contributed by atoms with E-state index in [1.807, 2.05) is 0 Å². The van der Waals surface area contributed by atoms with Crippen LogP contribution in [0.1, 0.15) is 12.2 Å². The number of nitrogens with one attached hydrogen (secondary N) is 1. The number of ether oxygens (including phenoxy) is 1. The summed E-state index contributed by atoms with van der Waals surface area (Å²) in [4.78, 5) is 34.4. The summed E-state index contributed by atoms with van der Waals surface area (Å²) in [5.41, 5.74) is 0.689. The van der Waals surface area contributed by atoms with Crippen LogP contribution in [0.5, 0.6) is 0 Å². The lowest BCUT2D eigenvalue weighted by atomic mass is 10.1. The maximum atomic E-state index is 12.4. The number of aromatic nitrogens is 4. The Labute approximate surface area is 145 Å². The average Bonchev–Trinajstić information content (AvgIpc) is 3.19. The van der Waals surface area contributed by atoms with E-state index in [-0.39, 0.29) is 18.2 Å². The maximum Gasteiger partial charge on any atom is 0.230 e. The Bertz CT molecular complexity index is 775. The van der Waals surface area contributed by atoms with Crippen molar-refractivity contribution < 1.29 is 14.3 Å². The molecule has 0 aliphatic carbocycles. The molecule has 0 bridgehead atoms. The zero-order valence-corrected chi connectivity index (χ0v) is 14.2. The standard InChI is InChI=1S/C16H20N6O3/c1-11-17-4-3-14(19-11)20-16(24)12-7-15(23)22(9-12)13-8-18-21(10-13)5-6-25-2/h3-4,8,10,12H,5-7,9H2,1-2H3,(H,17,19,20,24). The third kappa shape index (κ3) is 4.00. The van der Waals surface area contributed by atoms with Crippen molar-refractivity contribution in [1.82, 2.24) is 19.7 Å². The van der Waals surface area contributed by atoms with Gasteiger partial charge in [0.05, 0.1) is 31.0 Å². The lowest BCUT2D eigenvalue weighted by Crippen LogP contribution is -2.28. The number of methoxy groups -OCH3 is 1. The molecule has 1 aliphatic rings. The first-order valence-corrected chi connectivity index (χ1v) is 7.99. The quantitative estimate of drug-likeness (QED) is 0.824. The van der Waals surface area contributed by atoms with Crippen LogP contribution in [-0.4, -0.2) is 51.8 Å². The first kappa shape index (κ1) is 17.0. The smallest absolute Gasteiger partial charge is 0.230 e. The summed E-state index contributed by atoms with van der Waals surface area (Å²) in [6.45, 7) is 3.22. The third-order valence-electron chi connectivity index (χ3n) is 3.98. The number of rotatable bonds is 6. The number of hydrogen-bond acceptors (Lipinski definition) is 6. The molecule has 0 saturated carbocycles. The monoisotopic (exact) mass is 344 g/mol. The van der Waals surface area contributed by atoms with Crippen LogP contribution in [0.3, 0.4) is 0 Å². The van der Waals surface area contributed by atoms with E-state index in [4.69, 9.17) is 4.74 Å². The van der Waals surface area contributed by atoms with Gasteiger partial charge >= 0.3 is 0 Å². The zero-order chi connectivity index (χ0) is 17.8. The van der Waals surface area contributed by atoms with Gasteiger partial charge in [0, 0.05) is 32.5 Å². The second-order valence-electron chi connectivity index (χ2n) is 5.84. The van der Waals surface area contributed by atoms with Crippen LogP contribution in [0.4, 0.5) is 11.5 Å². The summed E-state index contributed by atoms with van der Waals surface area (Å²) in [5, 5.41) is 6.95. The molecule has 25 heavy (non-hydrogen) atoms. The molecule has 1 fully saturated rings. The fourth-order valence-corrected chi connectivity index (χ4v) is 2.69. The fourth-order valence-electron chi connectivity index (χ4n) is 2.69. The van der Waals surface area contributed by atoms with Crippen LogP contribution in [0.25, 0.3) is 0 Å². The second-order valence-corrected chi connectivity index (χ2v) is 5.84. The van der Waals surface area contributed by atoms with Crippen molar-refractivity contribution in [3.05, 3.63) is 30.5 Å². The molecule has 1 saturated heterocycles. The molecule has 0 aromatic carbocycles. The van der Waals surface area contributed by atoms with Crippen LogP contribution in [-0.2, 0) is 20.9 Å². The van der Waals surface area contributed by atoms with E-state index in [0.717, 1.165) is 0 Å². The Morgan fingerprint density at radius 1 is 1.48 bits per heavy atom. The van der Waals surface area contributed by atoms with Crippen molar-refractivity contribution in [2.24, 2.45) is 5.92 Å². The van der Waals surface area contributed by atoms with Crippen molar-refractivity contribution in [3.63, 3.8) is 0 Å². The lowest BCUT2D eigenvalue weighted by Gasteiger charge is -2.14. The molecule has 9 heteroatoms. The van der Waals surface area contributed by atoms with E-state index in [1.54, 1.807) is 48.3 Å². The number of hydrogen-bond donors (Lipinski definition) is 1. The highest BCUT2D eigenvalue weighted by molar-refractivity contribution is 6.03. The van der Waals surface area contributed by atoms with Gasteiger partial charge in [-0.1, -0.05) is 0 Å². The summed E-state index contributed by atoms with van der Waals surface area (Å²) in [6, 6.07) is 1.62. The first-order chi connectivity index (χ1) is 12.1. The zero-order valence-electron chi connectivity index (χ0n) is 14.2. The number of carbonyl (C=O) groups excluding carboxylic acids is 2. The van der Waals surface area contributed by atoms with Gasteiger partial charge in [-0.05, 0) is 13.0 Å². The van der Waals surface area contributed by atoms with Crippen LogP contribution in [0.2, 0.25) is 0 Å². The third-order valence-corrected chi connectivity index (χ3v) is 3.98. The molecule has 1 aliphatic heterocycles. The van der Waals surface area contributed by atoms with Gasteiger partial charge in [0.1, 0.15) is 11.6 Å². The van der Waals surface area contributed by atoms with Gasteiger partial charge in [0.15, 0.2) is 0 Å². The Hall–Kier alpha value is -2.81. The molecule has 1 N–H and O–H groups in total. The molecule has 132 valence electrons. The van der Waals surface area contributed by atoms with E-state index in [2.05, 4.69) is 20.4 Å². The van der Waals surface area contributed by atoms with E-state index in [0.29, 0.717) is 37.0 Å². The molecular weight excluding hydrogens is 324 g/mol. The van der Waals surface area contributed by atoms with Gasteiger partial charge in [-0.2, -0.15) is 5.10 Å². The molecule has 2 aromatic rings. The maximum absolute atomic E-state index is 12.4. The average molecular weight is 344 g/mol. The fraction of sp³-hybridized carbons (Fsp3) is 0.438. The minimum absolute atomic E-state index is 0.0923. The van der Waals surface area contributed by atoms with E-state index in [9.17, 15) is 9.59 Å². The van der Waals surface area contributed by atoms with Gasteiger partial charge in [-0.15, -0.1) is 0 Å². The molecule has 9 nitrogen and oxygen atoms in total. The van der Waals surface area contributed by atoms with Crippen molar-refractivity contribution in [3.8, 4) is 0 Å². The molecule has 3 heterocycles. The molecule has 2 aromatic heterocycles. The van der Waals surface area contributed by atoms with Gasteiger partial charge < -0.3 is 15.0 Å². The van der Waals surface area contributed by atoms with Crippen LogP contribution >= 0.6 is 0 Å². The van der Waals surface area contributed by atoms with Gasteiger partial charge in [-0.25, -0.2) is 9.97 Å². The van der Waals surface area contributed by atoms with E-state index in [1.165, 1.54) is 0 Å². The number of anilines is 2. The molecular formula is C16H20N6O3. The van der Waals surface area contributed by atoms with Crippen molar-refractivity contribution >= 4 is 23.3 Å². The summed E-state index contributed by atoms with van der Waals surface area (Å²) in [5.74, 6) is 0.275. The normalized spacial score (nSPS) is 17.1. The largest absolute Gasteiger partial charge is 0.383 e. The van der Waals surface area contributed by atoms with Crippen molar-refractivity contribution in [1.29, 1.82) is 0 Å². The molecule has 0 radical (unpaired) electrons. The Morgan fingerprint density at radius 2 is 2.32 bits per heavy atom. The number of carbonyl (C=O) groups is 2. The summed E-state index contributed by atoms with van der Waals surface area (Å²) in [6.07, 6.45) is 5.16. The van der Waals surface area contributed by atoms with Crippen molar-refractivity contribution in [2.45, 2.75) is 19.9 Å². The highest BCUT2D eigenvalue weighted by Crippen LogP contribution is 2.25. The molecule has 1 unspecified atom stereocenters. The predicted molar refractivity (Wildman–Crippen MR) is 90.0 cm³/mol. The second kappa shape index (κ2) is 7.39. The molecule has 0 spiro atoms. The Kier molecular flexibility index (Phi) is 5.03. The minimum Gasteiger partial charge on any atom is -0.383 e. The van der Waals surface area contributed by atoms with E-state index < -0.39 is 5.92 Å². The summed E-state index contributed by atoms with van der Waals surface area (Å²) < 4.78 is 6.72. The van der Waals surface area contributed by atoms with Gasteiger partial charge in [0.25, 0.3) is 0 Å². The van der Waals surface area contributed by atoms with Crippen LogP contribution in [0, 0.1) is 12.8 Å².